The summed E-state index contributed by atoms with van der Waals surface area (Å²) >= 11 is 0. The van der Waals surface area contributed by atoms with E-state index in [4.69, 9.17) is 9.47 Å². The van der Waals surface area contributed by atoms with Crippen LogP contribution < -0.4 is 5.32 Å². The van der Waals surface area contributed by atoms with Crippen LogP contribution in [0.25, 0.3) is 0 Å². The molecular formula is C9H21NO2. The SMILES string of the molecule is CNC(CCCOC)C(C)OC. The quantitative estimate of drug-likeness (QED) is 0.586. The highest BCUT2D eigenvalue weighted by atomic mass is 16.5. The van der Waals surface area contributed by atoms with Crippen molar-refractivity contribution in [1.82, 2.24) is 5.32 Å². The largest absolute Gasteiger partial charge is 0.385 e. The summed E-state index contributed by atoms with van der Waals surface area (Å²) < 4.78 is 10.2. The zero-order valence-corrected chi connectivity index (χ0v) is 8.59. The minimum atomic E-state index is 0.270. The van der Waals surface area contributed by atoms with Crippen LogP contribution in [0, 0.1) is 0 Å². The lowest BCUT2D eigenvalue weighted by molar-refractivity contribution is 0.0782. The highest BCUT2D eigenvalue weighted by Crippen LogP contribution is 2.04. The van der Waals surface area contributed by atoms with Crippen molar-refractivity contribution < 1.29 is 9.47 Å². The monoisotopic (exact) mass is 175 g/mol. The third-order valence-electron chi connectivity index (χ3n) is 2.17. The Balaban J connectivity index is 3.52. The molecule has 0 heterocycles. The Morgan fingerprint density at radius 3 is 2.42 bits per heavy atom. The number of hydrogen-bond acceptors (Lipinski definition) is 3. The molecule has 0 amide bonds. The van der Waals surface area contributed by atoms with Gasteiger partial charge in [0.2, 0.25) is 0 Å². The van der Waals surface area contributed by atoms with E-state index in [2.05, 4.69) is 12.2 Å². The van der Waals surface area contributed by atoms with E-state index >= 15 is 0 Å². The van der Waals surface area contributed by atoms with Crippen molar-refractivity contribution in [2.75, 3.05) is 27.9 Å². The van der Waals surface area contributed by atoms with Gasteiger partial charge in [-0.25, -0.2) is 0 Å². The minimum absolute atomic E-state index is 0.270. The molecule has 0 saturated carbocycles. The highest BCUT2D eigenvalue weighted by molar-refractivity contribution is 4.71. The number of rotatable bonds is 7. The number of nitrogens with one attached hydrogen (secondary N) is 1. The molecule has 0 saturated heterocycles. The van der Waals surface area contributed by atoms with Gasteiger partial charge in [-0.15, -0.1) is 0 Å². The van der Waals surface area contributed by atoms with Gasteiger partial charge in [0.25, 0.3) is 0 Å². The summed E-state index contributed by atoms with van der Waals surface area (Å²) in [5.41, 5.74) is 0. The third kappa shape index (κ3) is 4.70. The van der Waals surface area contributed by atoms with Crippen LogP contribution in [0.15, 0.2) is 0 Å². The molecule has 74 valence electrons. The number of ether oxygens (including phenoxy) is 2. The Kier molecular flexibility index (Phi) is 7.45. The summed E-state index contributed by atoms with van der Waals surface area (Å²) in [6.07, 6.45) is 2.45. The maximum Gasteiger partial charge on any atom is 0.0696 e. The average Bonchev–Trinajstić information content (AvgIpc) is 2.11. The predicted molar refractivity (Wildman–Crippen MR) is 50.4 cm³/mol. The summed E-state index contributed by atoms with van der Waals surface area (Å²) in [6, 6.07) is 0.435. The summed E-state index contributed by atoms with van der Waals surface area (Å²) in [4.78, 5) is 0. The van der Waals surface area contributed by atoms with Crippen molar-refractivity contribution in [2.45, 2.75) is 31.9 Å². The van der Waals surface area contributed by atoms with Gasteiger partial charge in [-0.05, 0) is 26.8 Å². The molecule has 3 nitrogen and oxygen atoms in total. The lowest BCUT2D eigenvalue weighted by Crippen LogP contribution is -2.37. The second kappa shape index (κ2) is 7.53. The van der Waals surface area contributed by atoms with E-state index in [9.17, 15) is 0 Å². The van der Waals surface area contributed by atoms with Crippen LogP contribution in [-0.4, -0.2) is 40.0 Å². The molecule has 2 unspecified atom stereocenters. The van der Waals surface area contributed by atoms with E-state index in [1.165, 1.54) is 0 Å². The molecule has 0 aromatic heterocycles. The summed E-state index contributed by atoms with van der Waals surface area (Å²) in [7, 11) is 5.44. The molecular weight excluding hydrogens is 154 g/mol. The van der Waals surface area contributed by atoms with Gasteiger partial charge in [-0.3, -0.25) is 0 Å². The molecule has 0 fully saturated rings. The normalized spacial score (nSPS) is 16.0. The van der Waals surface area contributed by atoms with E-state index in [-0.39, 0.29) is 6.10 Å². The average molecular weight is 175 g/mol. The van der Waals surface area contributed by atoms with Crippen molar-refractivity contribution in [2.24, 2.45) is 0 Å². The van der Waals surface area contributed by atoms with Crippen molar-refractivity contribution >= 4 is 0 Å². The first-order valence-electron chi connectivity index (χ1n) is 4.45. The van der Waals surface area contributed by atoms with Gasteiger partial charge in [-0.1, -0.05) is 0 Å². The fourth-order valence-corrected chi connectivity index (χ4v) is 1.23. The molecule has 0 radical (unpaired) electrons. The lowest BCUT2D eigenvalue weighted by atomic mass is 10.1. The van der Waals surface area contributed by atoms with Crippen LogP contribution in [0.5, 0.6) is 0 Å². The molecule has 0 aliphatic heterocycles. The number of hydrogen-bond donors (Lipinski definition) is 1. The Hall–Kier alpha value is -0.120. The molecule has 2 atom stereocenters. The van der Waals surface area contributed by atoms with Gasteiger partial charge in [-0.2, -0.15) is 0 Å². The van der Waals surface area contributed by atoms with Crippen LogP contribution in [0.1, 0.15) is 19.8 Å². The molecule has 12 heavy (non-hydrogen) atoms. The van der Waals surface area contributed by atoms with E-state index in [0.29, 0.717) is 6.04 Å². The Labute approximate surface area is 75.4 Å². The maximum atomic E-state index is 5.23. The maximum absolute atomic E-state index is 5.23. The minimum Gasteiger partial charge on any atom is -0.385 e. The van der Waals surface area contributed by atoms with Crippen molar-refractivity contribution in [1.29, 1.82) is 0 Å². The van der Waals surface area contributed by atoms with E-state index < -0.39 is 0 Å². The summed E-state index contributed by atoms with van der Waals surface area (Å²) in [5, 5.41) is 3.23. The highest BCUT2D eigenvalue weighted by Gasteiger charge is 2.13. The molecule has 0 spiro atoms. The van der Waals surface area contributed by atoms with Crippen LogP contribution in [-0.2, 0) is 9.47 Å². The van der Waals surface area contributed by atoms with E-state index in [1.54, 1.807) is 14.2 Å². The van der Waals surface area contributed by atoms with E-state index in [0.717, 1.165) is 19.4 Å². The number of likely N-dealkylation sites (N-methyl/N-ethyl adjacent to an activating group) is 1. The zero-order chi connectivity index (χ0) is 9.40. The lowest BCUT2D eigenvalue weighted by Gasteiger charge is -2.21. The standard InChI is InChI=1S/C9H21NO2/c1-8(12-4)9(10-2)6-5-7-11-3/h8-10H,5-7H2,1-4H3. The predicted octanol–water partition coefficient (Wildman–Crippen LogP) is 1.04. The van der Waals surface area contributed by atoms with Crippen molar-refractivity contribution in [3.8, 4) is 0 Å². The number of methoxy groups -OCH3 is 2. The van der Waals surface area contributed by atoms with Gasteiger partial charge < -0.3 is 14.8 Å². The van der Waals surface area contributed by atoms with Crippen LogP contribution in [0.2, 0.25) is 0 Å². The fraction of sp³-hybridized carbons (Fsp3) is 1.00. The first-order valence-corrected chi connectivity index (χ1v) is 4.45. The molecule has 3 heteroatoms. The van der Waals surface area contributed by atoms with Gasteiger partial charge in [0, 0.05) is 26.9 Å². The van der Waals surface area contributed by atoms with Crippen LogP contribution >= 0.6 is 0 Å². The van der Waals surface area contributed by atoms with Gasteiger partial charge in [0.05, 0.1) is 6.10 Å². The van der Waals surface area contributed by atoms with Crippen molar-refractivity contribution in [3.63, 3.8) is 0 Å². The fourth-order valence-electron chi connectivity index (χ4n) is 1.23. The topological polar surface area (TPSA) is 30.5 Å². The first kappa shape index (κ1) is 11.9. The van der Waals surface area contributed by atoms with Gasteiger partial charge >= 0.3 is 0 Å². The molecule has 0 aromatic rings. The molecule has 0 bridgehead atoms. The second-order valence-corrected chi connectivity index (χ2v) is 2.97. The third-order valence-corrected chi connectivity index (χ3v) is 2.17. The first-order chi connectivity index (χ1) is 5.76. The molecule has 1 N–H and O–H groups in total. The van der Waals surface area contributed by atoms with Gasteiger partial charge in [0.15, 0.2) is 0 Å². The summed E-state index contributed by atoms with van der Waals surface area (Å²) in [6.45, 7) is 2.91. The Morgan fingerprint density at radius 1 is 1.33 bits per heavy atom. The Bertz CT molecular complexity index is 98.5. The van der Waals surface area contributed by atoms with Crippen LogP contribution in [0.3, 0.4) is 0 Å². The van der Waals surface area contributed by atoms with Crippen molar-refractivity contribution in [3.05, 3.63) is 0 Å². The second-order valence-electron chi connectivity index (χ2n) is 2.97. The molecule has 0 aliphatic rings. The molecule has 0 aliphatic carbocycles. The molecule has 0 rings (SSSR count). The van der Waals surface area contributed by atoms with Gasteiger partial charge in [0.1, 0.15) is 0 Å². The van der Waals surface area contributed by atoms with Crippen LogP contribution in [0.4, 0.5) is 0 Å². The van der Waals surface area contributed by atoms with E-state index in [1.807, 2.05) is 7.05 Å². The Morgan fingerprint density at radius 2 is 2.00 bits per heavy atom. The smallest absolute Gasteiger partial charge is 0.0696 e. The molecule has 0 aromatic carbocycles. The zero-order valence-electron chi connectivity index (χ0n) is 8.59. The summed E-state index contributed by atoms with van der Waals surface area (Å²) in [5.74, 6) is 0.